The molecule has 2 rings (SSSR count). The van der Waals surface area contributed by atoms with Gasteiger partial charge in [0.05, 0.1) is 31.5 Å². The third-order valence-electron chi connectivity index (χ3n) is 11.4. The number of hydrogen-bond acceptors (Lipinski definition) is 16. The molecule has 2 aliphatic rings. The molecule has 66 heavy (non-hydrogen) atoms. The highest BCUT2D eigenvalue weighted by atomic mass is 16.7. The SMILES string of the molecule is C=C(NCCCCCC(=O)NCCO[C@@H]1O[C@@H](C)[C@@H](O)[C@@H](O)[C@@H]1O)[C@H](CCCCNC(=O)CCCCC(=O)NCCO[C@@H]1O[C@@H](C)[C@@H](O)[C@@H](O)[C@@H]1O)NC(=O)CCCCCCC(=O)NCC. The summed E-state index contributed by atoms with van der Waals surface area (Å²) in [6.45, 7) is 11.3. The second-order valence-electron chi connectivity index (χ2n) is 17.1. The Bertz CT molecular complexity index is 1430. The van der Waals surface area contributed by atoms with Crippen molar-refractivity contribution < 1.29 is 73.6 Å². The quantitative estimate of drug-likeness (QED) is 0.0353. The summed E-state index contributed by atoms with van der Waals surface area (Å²) in [6, 6.07) is -0.328. The average molecular weight is 947 g/mol. The third kappa shape index (κ3) is 24.0. The van der Waals surface area contributed by atoms with Crippen LogP contribution in [0.15, 0.2) is 12.3 Å². The van der Waals surface area contributed by atoms with Crippen LogP contribution >= 0.6 is 0 Å². The van der Waals surface area contributed by atoms with Gasteiger partial charge in [-0.1, -0.05) is 25.8 Å². The number of rotatable bonds is 35. The second kappa shape index (κ2) is 33.9. The van der Waals surface area contributed by atoms with Gasteiger partial charge in [0.1, 0.15) is 36.6 Å². The standard InChI is InChI=1S/C45H82N6O15/c1-5-46-33(52)18-9-6-7-10-22-37(56)51-32(29(2)47-23-15-8-11-19-35(54)49-25-27-63-44-42(61)40(59)38(57)30(3)65-44)17-14-16-24-48-34(53)20-12-13-21-36(55)50-26-28-64-45-43(62)41(60)39(58)31(4)66-45/h30-32,38-45,47,57-62H,2,5-28H2,1,3-4H3,(H,46,52)(H,48,53)(H,49,54)(H,50,55)(H,51,56)/t30-,31-,32-,38+,39+,40+,41+,42-,43-,44+,45+/m0/s1. The third-order valence-corrected chi connectivity index (χ3v) is 11.4. The molecule has 0 bridgehead atoms. The van der Waals surface area contributed by atoms with E-state index in [-0.39, 0.29) is 74.7 Å². The van der Waals surface area contributed by atoms with Crippen LogP contribution < -0.4 is 31.9 Å². The van der Waals surface area contributed by atoms with E-state index in [2.05, 4.69) is 38.5 Å². The minimum atomic E-state index is -1.42. The van der Waals surface area contributed by atoms with Gasteiger partial charge in [-0.3, -0.25) is 24.0 Å². The fourth-order valence-electron chi connectivity index (χ4n) is 7.34. The van der Waals surface area contributed by atoms with Gasteiger partial charge in [-0.15, -0.1) is 0 Å². The predicted octanol–water partition coefficient (Wildman–Crippen LogP) is -0.621. The number of ether oxygens (including phenoxy) is 4. The van der Waals surface area contributed by atoms with E-state index in [4.69, 9.17) is 18.9 Å². The smallest absolute Gasteiger partial charge is 0.220 e. The van der Waals surface area contributed by atoms with Crippen molar-refractivity contribution in [2.45, 2.75) is 197 Å². The number of hydrogen-bond donors (Lipinski definition) is 12. The Morgan fingerprint density at radius 2 is 0.864 bits per heavy atom. The zero-order valence-electron chi connectivity index (χ0n) is 39.4. The summed E-state index contributed by atoms with van der Waals surface area (Å²) in [5.41, 5.74) is 0.680. The molecule has 0 saturated carbocycles. The molecule has 0 aromatic rings. The lowest BCUT2D eigenvalue weighted by Gasteiger charge is -2.38. The van der Waals surface area contributed by atoms with Gasteiger partial charge >= 0.3 is 0 Å². The molecular formula is C45H82N6O15. The van der Waals surface area contributed by atoms with Crippen LogP contribution in [0.25, 0.3) is 0 Å². The van der Waals surface area contributed by atoms with Gasteiger partial charge < -0.3 is 81.5 Å². The van der Waals surface area contributed by atoms with Gasteiger partial charge in [-0.2, -0.15) is 0 Å². The van der Waals surface area contributed by atoms with Crippen LogP contribution in [-0.2, 0) is 42.9 Å². The van der Waals surface area contributed by atoms with Crippen molar-refractivity contribution in [1.29, 1.82) is 0 Å². The summed E-state index contributed by atoms with van der Waals surface area (Å²) in [4.78, 5) is 61.6. The van der Waals surface area contributed by atoms with Crippen LogP contribution in [0, 0.1) is 0 Å². The summed E-state index contributed by atoms with van der Waals surface area (Å²) in [5.74, 6) is -0.531. The lowest BCUT2D eigenvalue weighted by atomic mass is 10.0. The normalized spacial score (nSPS) is 25.6. The van der Waals surface area contributed by atoms with Crippen LogP contribution in [0.2, 0.25) is 0 Å². The van der Waals surface area contributed by atoms with E-state index in [0.717, 1.165) is 32.1 Å². The molecular weight excluding hydrogens is 865 g/mol. The molecule has 2 saturated heterocycles. The van der Waals surface area contributed by atoms with Gasteiger partial charge in [0.15, 0.2) is 12.6 Å². The van der Waals surface area contributed by atoms with E-state index in [1.165, 1.54) is 0 Å². The minimum absolute atomic E-state index is 0.0308. The molecule has 0 aromatic heterocycles. The first-order chi connectivity index (χ1) is 31.5. The Hall–Kier alpha value is -3.51. The lowest BCUT2D eigenvalue weighted by Crippen LogP contribution is -2.57. The maximum absolute atomic E-state index is 13.0. The number of amides is 5. The largest absolute Gasteiger partial charge is 0.388 e. The summed E-state index contributed by atoms with van der Waals surface area (Å²) in [7, 11) is 0. The van der Waals surface area contributed by atoms with Gasteiger partial charge in [0.25, 0.3) is 0 Å². The molecule has 2 fully saturated rings. The van der Waals surface area contributed by atoms with Crippen LogP contribution in [-0.4, -0.2) is 174 Å². The Balaban J connectivity index is 1.64. The first-order valence-electron chi connectivity index (χ1n) is 24.0. The summed E-state index contributed by atoms with van der Waals surface area (Å²) in [6.07, 6.45) is -1.72. The predicted molar refractivity (Wildman–Crippen MR) is 242 cm³/mol. The topological polar surface area (TPSA) is 316 Å². The Kier molecular flexibility index (Phi) is 30.1. The zero-order chi connectivity index (χ0) is 48.9. The number of aliphatic hydroxyl groups excluding tert-OH is 6. The molecule has 5 amide bonds. The molecule has 0 aromatic carbocycles. The molecule has 21 nitrogen and oxygen atoms in total. The van der Waals surface area contributed by atoms with Crippen molar-refractivity contribution in [2.75, 3.05) is 45.9 Å². The molecule has 11 atom stereocenters. The molecule has 2 aliphatic heterocycles. The van der Waals surface area contributed by atoms with E-state index >= 15 is 0 Å². The van der Waals surface area contributed by atoms with Crippen molar-refractivity contribution in [3.63, 3.8) is 0 Å². The maximum Gasteiger partial charge on any atom is 0.220 e. The van der Waals surface area contributed by atoms with Crippen LogP contribution in [0.3, 0.4) is 0 Å². The molecule has 0 aliphatic carbocycles. The molecule has 2 heterocycles. The fraction of sp³-hybridized carbons (Fsp3) is 0.844. The van der Waals surface area contributed by atoms with Crippen LogP contribution in [0.1, 0.15) is 130 Å². The van der Waals surface area contributed by atoms with Crippen molar-refractivity contribution in [1.82, 2.24) is 31.9 Å². The van der Waals surface area contributed by atoms with E-state index < -0.39 is 61.4 Å². The Morgan fingerprint density at radius 3 is 1.33 bits per heavy atom. The molecule has 21 heteroatoms. The molecule has 0 unspecified atom stereocenters. The summed E-state index contributed by atoms with van der Waals surface area (Å²) >= 11 is 0. The first-order valence-corrected chi connectivity index (χ1v) is 24.0. The first kappa shape index (κ1) is 58.6. The van der Waals surface area contributed by atoms with Gasteiger partial charge in [-0.05, 0) is 78.6 Å². The van der Waals surface area contributed by atoms with Crippen molar-refractivity contribution in [3.05, 3.63) is 12.3 Å². The average Bonchev–Trinajstić information content (AvgIpc) is 3.28. The lowest BCUT2D eigenvalue weighted by molar-refractivity contribution is -0.292. The van der Waals surface area contributed by atoms with E-state index in [1.54, 1.807) is 13.8 Å². The van der Waals surface area contributed by atoms with Gasteiger partial charge in [0, 0.05) is 70.5 Å². The zero-order valence-corrected chi connectivity index (χ0v) is 39.4. The van der Waals surface area contributed by atoms with E-state index in [9.17, 15) is 54.6 Å². The van der Waals surface area contributed by atoms with Crippen LogP contribution in [0.5, 0.6) is 0 Å². The number of unbranched alkanes of at least 4 members (excludes halogenated alkanes) is 7. The highest BCUT2D eigenvalue weighted by Gasteiger charge is 2.43. The van der Waals surface area contributed by atoms with E-state index in [0.29, 0.717) is 89.5 Å². The van der Waals surface area contributed by atoms with Crippen molar-refractivity contribution >= 4 is 29.5 Å². The van der Waals surface area contributed by atoms with Gasteiger partial charge in [0.2, 0.25) is 29.5 Å². The van der Waals surface area contributed by atoms with Crippen molar-refractivity contribution in [2.24, 2.45) is 0 Å². The van der Waals surface area contributed by atoms with Gasteiger partial charge in [-0.25, -0.2) is 0 Å². The number of nitrogens with one attached hydrogen (secondary N) is 6. The number of carbonyl (C=O) groups is 5. The molecule has 382 valence electrons. The maximum atomic E-state index is 13.0. The second-order valence-corrected chi connectivity index (χ2v) is 17.1. The molecule has 12 N–H and O–H groups in total. The molecule has 0 spiro atoms. The fourth-order valence-corrected chi connectivity index (χ4v) is 7.34. The Morgan fingerprint density at radius 1 is 0.485 bits per heavy atom. The summed E-state index contributed by atoms with van der Waals surface area (Å²) < 4.78 is 21.6. The van der Waals surface area contributed by atoms with Crippen molar-refractivity contribution in [3.8, 4) is 0 Å². The highest BCUT2D eigenvalue weighted by Crippen LogP contribution is 2.23. The Labute approximate surface area is 389 Å². The van der Waals surface area contributed by atoms with E-state index in [1.807, 2.05) is 6.92 Å². The monoisotopic (exact) mass is 947 g/mol. The highest BCUT2D eigenvalue weighted by molar-refractivity contribution is 5.77. The van der Waals surface area contributed by atoms with Crippen LogP contribution in [0.4, 0.5) is 0 Å². The summed E-state index contributed by atoms with van der Waals surface area (Å²) in [5, 5.41) is 77.0. The number of aliphatic hydroxyl groups is 6. The minimum Gasteiger partial charge on any atom is -0.388 e. The number of carbonyl (C=O) groups excluding carboxylic acids is 5. The molecule has 0 radical (unpaired) electrons.